The van der Waals surface area contributed by atoms with Gasteiger partial charge in [0, 0.05) is 5.41 Å². The Hall–Kier alpha value is -1.43. The van der Waals surface area contributed by atoms with E-state index < -0.39 is 29.3 Å². The first-order valence-electron chi connectivity index (χ1n) is 5.92. The van der Waals surface area contributed by atoms with E-state index >= 15 is 0 Å². The van der Waals surface area contributed by atoms with Crippen LogP contribution in [0.25, 0.3) is 0 Å². The molecule has 110 valence electrons. The van der Waals surface area contributed by atoms with Crippen LogP contribution in [0.3, 0.4) is 0 Å². The van der Waals surface area contributed by atoms with Gasteiger partial charge in [0.25, 0.3) is 0 Å². The molecule has 1 amide bonds. The van der Waals surface area contributed by atoms with Crippen molar-refractivity contribution in [1.29, 1.82) is 0 Å². The van der Waals surface area contributed by atoms with Gasteiger partial charge in [-0.3, -0.25) is 0 Å². The van der Waals surface area contributed by atoms with E-state index in [4.69, 9.17) is 16.3 Å². The highest BCUT2D eigenvalue weighted by Gasteiger charge is 2.41. The quantitative estimate of drug-likeness (QED) is 0.846. The number of halogens is 4. The lowest BCUT2D eigenvalue weighted by atomic mass is 9.80. The molecule has 0 unspecified atom stereocenters. The van der Waals surface area contributed by atoms with Gasteiger partial charge in [0.2, 0.25) is 0 Å². The summed E-state index contributed by atoms with van der Waals surface area (Å²) in [7, 11) is 0. The second-order valence-corrected chi connectivity index (χ2v) is 5.73. The van der Waals surface area contributed by atoms with Gasteiger partial charge in [-0.05, 0) is 11.6 Å². The van der Waals surface area contributed by atoms with Crippen LogP contribution in [0.5, 0.6) is 0 Å². The predicted molar refractivity (Wildman–Crippen MR) is 67.5 cm³/mol. The van der Waals surface area contributed by atoms with Gasteiger partial charge >= 0.3 is 12.3 Å². The van der Waals surface area contributed by atoms with E-state index in [9.17, 15) is 18.0 Å². The van der Waals surface area contributed by atoms with Crippen LogP contribution in [0, 0.1) is 5.41 Å². The lowest BCUT2D eigenvalue weighted by Crippen LogP contribution is -2.47. The molecule has 0 saturated carbocycles. The summed E-state index contributed by atoms with van der Waals surface area (Å²) >= 11 is 5.89. The third kappa shape index (κ3) is 2.70. The first-order valence-corrected chi connectivity index (χ1v) is 6.29. The lowest BCUT2D eigenvalue weighted by molar-refractivity contribution is -0.137. The number of amides is 1. The summed E-state index contributed by atoms with van der Waals surface area (Å²) in [4.78, 5) is 11.3. The second-order valence-electron chi connectivity index (χ2n) is 5.35. The van der Waals surface area contributed by atoms with Crippen LogP contribution in [0.1, 0.15) is 31.0 Å². The molecule has 20 heavy (non-hydrogen) atoms. The van der Waals surface area contributed by atoms with Gasteiger partial charge in [-0.25, -0.2) is 4.79 Å². The highest BCUT2D eigenvalue weighted by atomic mass is 35.5. The fraction of sp³-hybridized carbons (Fsp3) is 0.462. The Morgan fingerprint density at radius 1 is 1.40 bits per heavy atom. The van der Waals surface area contributed by atoms with Gasteiger partial charge < -0.3 is 10.1 Å². The van der Waals surface area contributed by atoms with Gasteiger partial charge in [0.1, 0.15) is 6.61 Å². The number of hydrogen-bond donors (Lipinski definition) is 1. The van der Waals surface area contributed by atoms with Crippen LogP contribution in [-0.4, -0.2) is 12.7 Å². The molecule has 1 aromatic rings. The molecular formula is C13H13ClF3NO2. The Morgan fingerprint density at radius 3 is 2.65 bits per heavy atom. The van der Waals surface area contributed by atoms with Crippen molar-refractivity contribution in [3.05, 3.63) is 34.3 Å². The Kier molecular flexibility index (Phi) is 3.62. The second kappa shape index (κ2) is 4.84. The molecule has 2 rings (SSSR count). The maximum Gasteiger partial charge on any atom is 0.417 e. The minimum atomic E-state index is -4.54. The third-order valence-corrected chi connectivity index (χ3v) is 3.69. The van der Waals surface area contributed by atoms with Crippen molar-refractivity contribution < 1.29 is 22.7 Å². The van der Waals surface area contributed by atoms with Crippen molar-refractivity contribution >= 4 is 17.7 Å². The van der Waals surface area contributed by atoms with Crippen molar-refractivity contribution in [2.45, 2.75) is 26.1 Å². The molecule has 1 fully saturated rings. The largest absolute Gasteiger partial charge is 0.449 e. The molecule has 1 aliphatic heterocycles. The normalized spacial score (nSPS) is 22.1. The molecular weight excluding hydrogens is 295 g/mol. The number of cyclic esters (lactones) is 1. The molecule has 1 saturated heterocycles. The summed E-state index contributed by atoms with van der Waals surface area (Å²) in [5, 5.41) is 2.14. The minimum absolute atomic E-state index is 0.107. The maximum atomic E-state index is 12.9. The molecule has 0 aliphatic carbocycles. The van der Waals surface area contributed by atoms with E-state index in [0.29, 0.717) is 0 Å². The van der Waals surface area contributed by atoms with Crippen LogP contribution in [0.15, 0.2) is 18.2 Å². The topological polar surface area (TPSA) is 38.3 Å². The molecule has 1 aromatic carbocycles. The van der Waals surface area contributed by atoms with E-state index in [0.717, 1.165) is 6.07 Å². The zero-order valence-electron chi connectivity index (χ0n) is 10.8. The van der Waals surface area contributed by atoms with Crippen LogP contribution >= 0.6 is 11.6 Å². The standard InChI is InChI=1S/C13H13ClF3NO2/c1-12(2)6-20-11(19)18-10(12)7-4-3-5-8(9(7)14)13(15,16)17/h3-5,10H,6H2,1-2H3,(H,18,19)/t10-/m0/s1. The van der Waals surface area contributed by atoms with Crippen LogP contribution in [0.4, 0.5) is 18.0 Å². The zero-order valence-corrected chi connectivity index (χ0v) is 11.6. The van der Waals surface area contributed by atoms with Crippen LogP contribution < -0.4 is 5.32 Å². The molecule has 0 aromatic heterocycles. The average molecular weight is 308 g/mol. The summed E-state index contributed by atoms with van der Waals surface area (Å²) in [6.45, 7) is 3.68. The van der Waals surface area contributed by atoms with Crippen molar-refractivity contribution in [2.24, 2.45) is 5.41 Å². The fourth-order valence-electron chi connectivity index (χ4n) is 2.18. The van der Waals surface area contributed by atoms with Crippen molar-refractivity contribution in [3.8, 4) is 0 Å². The third-order valence-electron chi connectivity index (χ3n) is 3.26. The van der Waals surface area contributed by atoms with Gasteiger partial charge in [0.15, 0.2) is 0 Å². The van der Waals surface area contributed by atoms with Crippen LogP contribution in [-0.2, 0) is 10.9 Å². The maximum absolute atomic E-state index is 12.9. The first-order chi connectivity index (χ1) is 9.13. The van der Waals surface area contributed by atoms with Gasteiger partial charge in [-0.2, -0.15) is 13.2 Å². The monoisotopic (exact) mass is 307 g/mol. The van der Waals surface area contributed by atoms with Crippen LogP contribution in [0.2, 0.25) is 5.02 Å². The summed E-state index contributed by atoms with van der Waals surface area (Å²) in [6, 6.07) is 3.04. The molecule has 1 N–H and O–H groups in total. The van der Waals surface area contributed by atoms with Crippen molar-refractivity contribution in [1.82, 2.24) is 5.32 Å². The number of hydrogen-bond acceptors (Lipinski definition) is 2. The summed E-state index contributed by atoms with van der Waals surface area (Å²) < 4.78 is 43.5. The first kappa shape index (κ1) is 15.0. The smallest absolute Gasteiger partial charge is 0.417 e. The Balaban J connectivity index is 2.49. The number of rotatable bonds is 1. The highest BCUT2D eigenvalue weighted by molar-refractivity contribution is 6.32. The highest BCUT2D eigenvalue weighted by Crippen LogP contribution is 2.43. The number of alkyl carbamates (subject to hydrolysis) is 1. The summed E-state index contributed by atoms with van der Waals surface area (Å²) in [6.07, 6.45) is -5.20. The molecule has 3 nitrogen and oxygen atoms in total. The van der Waals surface area contributed by atoms with E-state index in [1.807, 2.05) is 0 Å². The SMILES string of the molecule is CC1(C)COC(=O)N[C@H]1c1cccc(C(F)(F)F)c1Cl. The molecule has 0 bridgehead atoms. The Morgan fingerprint density at radius 2 is 2.05 bits per heavy atom. The molecule has 1 atom stereocenters. The Labute approximate surface area is 119 Å². The van der Waals surface area contributed by atoms with Gasteiger partial charge in [-0.1, -0.05) is 37.6 Å². The van der Waals surface area contributed by atoms with Gasteiger partial charge in [0.05, 0.1) is 16.6 Å². The Bertz CT molecular complexity index is 543. The average Bonchev–Trinajstić information content (AvgIpc) is 2.31. The molecule has 1 aliphatic rings. The summed E-state index contributed by atoms with van der Waals surface area (Å²) in [5.41, 5.74) is -1.24. The zero-order chi connectivity index (χ0) is 15.1. The van der Waals surface area contributed by atoms with E-state index in [2.05, 4.69) is 5.32 Å². The lowest BCUT2D eigenvalue weighted by Gasteiger charge is -2.39. The predicted octanol–water partition coefficient (Wildman–Crippen LogP) is 4.17. The van der Waals surface area contributed by atoms with E-state index in [1.165, 1.54) is 12.1 Å². The number of carbonyl (C=O) groups excluding carboxylic acids is 1. The number of benzene rings is 1. The van der Waals surface area contributed by atoms with Crippen molar-refractivity contribution in [3.63, 3.8) is 0 Å². The molecule has 0 radical (unpaired) electrons. The van der Waals surface area contributed by atoms with Gasteiger partial charge in [-0.15, -0.1) is 0 Å². The molecule has 7 heteroatoms. The molecule has 1 heterocycles. The fourth-order valence-corrected chi connectivity index (χ4v) is 2.52. The van der Waals surface area contributed by atoms with Crippen molar-refractivity contribution in [2.75, 3.05) is 6.61 Å². The number of alkyl halides is 3. The minimum Gasteiger partial charge on any atom is -0.449 e. The van der Waals surface area contributed by atoms with E-state index in [-0.39, 0.29) is 17.2 Å². The number of nitrogens with one attached hydrogen (secondary N) is 1. The number of ether oxygens (including phenoxy) is 1. The molecule has 0 spiro atoms. The summed E-state index contributed by atoms with van der Waals surface area (Å²) in [5.74, 6) is 0. The number of carbonyl (C=O) groups is 1. The van der Waals surface area contributed by atoms with E-state index in [1.54, 1.807) is 13.8 Å².